The lowest BCUT2D eigenvalue weighted by Crippen LogP contribution is -1.88. The van der Waals surface area contributed by atoms with E-state index in [1.54, 1.807) is 18.3 Å². The first-order chi connectivity index (χ1) is 8.81. The van der Waals surface area contributed by atoms with Crippen LogP contribution >= 0.6 is 0 Å². The van der Waals surface area contributed by atoms with Crippen molar-refractivity contribution in [3.63, 3.8) is 0 Å². The van der Waals surface area contributed by atoms with Crippen LogP contribution in [0.15, 0.2) is 42.6 Å². The highest BCUT2D eigenvalue weighted by atomic mass is 16.5. The van der Waals surface area contributed by atoms with Crippen LogP contribution in [0.5, 0.6) is 11.5 Å². The first kappa shape index (κ1) is 12.1. The summed E-state index contributed by atoms with van der Waals surface area (Å²) in [4.78, 5) is 3.90. The van der Waals surface area contributed by atoms with E-state index in [1.165, 1.54) is 5.56 Å². The van der Waals surface area contributed by atoms with Crippen LogP contribution < -0.4 is 4.74 Å². The van der Waals surface area contributed by atoms with Gasteiger partial charge in [0.05, 0.1) is 0 Å². The molecule has 0 aliphatic heterocycles. The molecule has 0 amide bonds. The van der Waals surface area contributed by atoms with Crippen molar-refractivity contribution in [3.05, 3.63) is 53.9 Å². The molecule has 0 saturated carbocycles. The number of ether oxygens (including phenoxy) is 1. The first-order valence-corrected chi connectivity index (χ1v) is 5.95. The van der Waals surface area contributed by atoms with Crippen molar-refractivity contribution in [2.75, 3.05) is 0 Å². The Balaban J connectivity index is 2.11. The lowest BCUT2D eigenvalue weighted by molar-refractivity contribution is 0.481. The average Bonchev–Trinajstić information content (AvgIpc) is 2.42. The zero-order valence-corrected chi connectivity index (χ0v) is 10.3. The molecule has 1 aromatic heterocycles. The Bertz CT molecular complexity index is 555. The maximum absolute atomic E-state index is 8.76. The van der Waals surface area contributed by atoms with Crippen LogP contribution in [0.2, 0.25) is 0 Å². The predicted octanol–water partition coefficient (Wildman–Crippen LogP) is 3.70. The fourth-order valence-corrected chi connectivity index (χ4v) is 1.68. The monoisotopic (exact) mass is 238 g/mol. The molecule has 0 N–H and O–H groups in total. The van der Waals surface area contributed by atoms with Gasteiger partial charge in [-0.15, -0.1) is 0 Å². The van der Waals surface area contributed by atoms with Crippen molar-refractivity contribution in [2.24, 2.45) is 0 Å². The number of hydrogen-bond donors (Lipinski definition) is 0. The smallest absolute Gasteiger partial charge is 0.144 e. The summed E-state index contributed by atoms with van der Waals surface area (Å²) < 4.78 is 5.66. The number of hydrogen-bond acceptors (Lipinski definition) is 3. The first-order valence-electron chi connectivity index (χ1n) is 5.95. The summed E-state index contributed by atoms with van der Waals surface area (Å²) in [5.41, 5.74) is 1.66. The van der Waals surface area contributed by atoms with Crippen LogP contribution in [0.1, 0.15) is 24.6 Å². The Hall–Kier alpha value is -2.34. The number of benzene rings is 1. The van der Waals surface area contributed by atoms with Gasteiger partial charge in [0, 0.05) is 12.3 Å². The van der Waals surface area contributed by atoms with Gasteiger partial charge in [-0.1, -0.05) is 25.5 Å². The molecule has 3 heteroatoms. The van der Waals surface area contributed by atoms with Gasteiger partial charge in [0.15, 0.2) is 0 Å². The second-order valence-electron chi connectivity index (χ2n) is 3.98. The van der Waals surface area contributed by atoms with E-state index in [4.69, 9.17) is 10.00 Å². The molecule has 0 saturated heterocycles. The predicted molar refractivity (Wildman–Crippen MR) is 69.5 cm³/mol. The van der Waals surface area contributed by atoms with E-state index < -0.39 is 0 Å². The van der Waals surface area contributed by atoms with E-state index in [0.717, 1.165) is 18.6 Å². The summed E-state index contributed by atoms with van der Waals surface area (Å²) in [7, 11) is 0. The summed E-state index contributed by atoms with van der Waals surface area (Å²) in [5.74, 6) is 1.40. The molecule has 90 valence electrons. The molecule has 1 aromatic carbocycles. The van der Waals surface area contributed by atoms with Crippen molar-refractivity contribution in [3.8, 4) is 17.6 Å². The fraction of sp³-hybridized carbons (Fsp3) is 0.200. The van der Waals surface area contributed by atoms with Gasteiger partial charge in [0.25, 0.3) is 0 Å². The Kier molecular flexibility index (Phi) is 3.93. The lowest BCUT2D eigenvalue weighted by atomic mass is 10.1. The van der Waals surface area contributed by atoms with E-state index in [0.29, 0.717) is 11.4 Å². The number of aromatic nitrogens is 1. The average molecular weight is 238 g/mol. The number of aryl methyl sites for hydroxylation is 1. The molecular formula is C15H14N2O. The molecule has 0 atom stereocenters. The minimum Gasteiger partial charge on any atom is -0.457 e. The number of nitrogens with zero attached hydrogens (tertiary/aromatic N) is 2. The summed E-state index contributed by atoms with van der Waals surface area (Å²) in [6.07, 6.45) is 3.78. The van der Waals surface area contributed by atoms with Gasteiger partial charge in [0.1, 0.15) is 23.3 Å². The molecule has 0 aliphatic carbocycles. The third-order valence-corrected chi connectivity index (χ3v) is 2.54. The molecular weight excluding hydrogens is 224 g/mol. The highest BCUT2D eigenvalue weighted by Gasteiger charge is 2.00. The lowest BCUT2D eigenvalue weighted by Gasteiger charge is -2.06. The maximum Gasteiger partial charge on any atom is 0.144 e. The fourth-order valence-electron chi connectivity index (χ4n) is 1.68. The van der Waals surface area contributed by atoms with E-state index in [2.05, 4.69) is 24.0 Å². The van der Waals surface area contributed by atoms with Gasteiger partial charge in [-0.2, -0.15) is 5.26 Å². The second kappa shape index (κ2) is 5.83. The molecule has 3 nitrogen and oxygen atoms in total. The number of rotatable bonds is 4. The van der Waals surface area contributed by atoms with Crippen molar-refractivity contribution < 1.29 is 4.74 Å². The van der Waals surface area contributed by atoms with Crippen LogP contribution in [-0.2, 0) is 6.42 Å². The number of pyridine rings is 1. The molecule has 2 aromatic rings. The summed E-state index contributed by atoms with van der Waals surface area (Å²) >= 11 is 0. The normalized spacial score (nSPS) is 9.78. The third kappa shape index (κ3) is 3.08. The second-order valence-corrected chi connectivity index (χ2v) is 3.98. The standard InChI is InChI=1S/C15H14N2O/c1-2-3-12-4-6-14(7-5-12)18-15-8-9-17-13(10-15)11-16/h4-10H,2-3H2,1H3. The van der Waals surface area contributed by atoms with Crippen LogP contribution in [0.3, 0.4) is 0 Å². The Labute approximate surface area is 107 Å². The van der Waals surface area contributed by atoms with Gasteiger partial charge in [-0.3, -0.25) is 0 Å². The molecule has 0 unspecified atom stereocenters. The SMILES string of the molecule is CCCc1ccc(Oc2ccnc(C#N)c2)cc1. The quantitative estimate of drug-likeness (QED) is 0.815. The van der Waals surface area contributed by atoms with Gasteiger partial charge < -0.3 is 4.74 Å². The summed E-state index contributed by atoms with van der Waals surface area (Å²) in [6.45, 7) is 2.16. The third-order valence-electron chi connectivity index (χ3n) is 2.54. The Morgan fingerprint density at radius 3 is 2.61 bits per heavy atom. The van der Waals surface area contributed by atoms with E-state index in [-0.39, 0.29) is 0 Å². The largest absolute Gasteiger partial charge is 0.457 e. The van der Waals surface area contributed by atoms with Crippen LogP contribution in [0.25, 0.3) is 0 Å². The topological polar surface area (TPSA) is 45.9 Å². The van der Waals surface area contributed by atoms with E-state index >= 15 is 0 Å². The van der Waals surface area contributed by atoms with Crippen molar-refractivity contribution in [1.82, 2.24) is 4.98 Å². The van der Waals surface area contributed by atoms with Gasteiger partial charge >= 0.3 is 0 Å². The highest BCUT2D eigenvalue weighted by Crippen LogP contribution is 2.21. The van der Waals surface area contributed by atoms with Crippen molar-refractivity contribution in [2.45, 2.75) is 19.8 Å². The molecule has 0 aliphatic rings. The summed E-state index contributed by atoms with van der Waals surface area (Å²) in [5, 5.41) is 8.76. The Morgan fingerprint density at radius 1 is 1.17 bits per heavy atom. The molecule has 1 heterocycles. The zero-order valence-electron chi connectivity index (χ0n) is 10.3. The molecule has 0 bridgehead atoms. The summed E-state index contributed by atoms with van der Waals surface area (Å²) in [6, 6.07) is 13.4. The van der Waals surface area contributed by atoms with Gasteiger partial charge in [-0.25, -0.2) is 4.98 Å². The van der Waals surface area contributed by atoms with E-state index in [1.807, 2.05) is 18.2 Å². The zero-order chi connectivity index (χ0) is 12.8. The Morgan fingerprint density at radius 2 is 1.94 bits per heavy atom. The minimum absolute atomic E-state index is 0.357. The van der Waals surface area contributed by atoms with Crippen LogP contribution in [-0.4, -0.2) is 4.98 Å². The molecule has 2 rings (SSSR count). The van der Waals surface area contributed by atoms with Gasteiger partial charge in [0.2, 0.25) is 0 Å². The molecule has 0 spiro atoms. The van der Waals surface area contributed by atoms with E-state index in [9.17, 15) is 0 Å². The van der Waals surface area contributed by atoms with Crippen molar-refractivity contribution in [1.29, 1.82) is 5.26 Å². The minimum atomic E-state index is 0.357. The van der Waals surface area contributed by atoms with Gasteiger partial charge in [-0.05, 0) is 30.2 Å². The molecule has 0 fully saturated rings. The maximum atomic E-state index is 8.76. The molecule has 18 heavy (non-hydrogen) atoms. The van der Waals surface area contributed by atoms with Crippen molar-refractivity contribution >= 4 is 0 Å². The highest BCUT2D eigenvalue weighted by molar-refractivity contribution is 5.35. The molecule has 0 radical (unpaired) electrons. The number of nitriles is 1. The van der Waals surface area contributed by atoms with Crippen LogP contribution in [0.4, 0.5) is 0 Å². The van der Waals surface area contributed by atoms with Crippen LogP contribution in [0, 0.1) is 11.3 Å².